The van der Waals surface area contributed by atoms with Crippen molar-refractivity contribution in [3.63, 3.8) is 0 Å². The van der Waals surface area contributed by atoms with E-state index in [4.69, 9.17) is 0 Å². The number of nitrogens with one attached hydrogen (secondary N) is 1. The predicted molar refractivity (Wildman–Crippen MR) is 97.7 cm³/mol. The number of para-hydroxylation sites is 1. The third-order valence-corrected chi connectivity index (χ3v) is 3.85. The standard InChI is InChI=1S/C20H17F2N3O/c1-2-25(16-6-4-3-5-7-16)19-12-14(10-11-23-19)20(26)24-18-9-8-15(21)13-17(18)22/h3-13H,2H2,1H3,(H,24,26). The molecule has 0 fully saturated rings. The zero-order valence-electron chi connectivity index (χ0n) is 14.1. The summed E-state index contributed by atoms with van der Waals surface area (Å²) in [5.41, 5.74) is 1.20. The first-order valence-corrected chi connectivity index (χ1v) is 8.13. The molecule has 132 valence electrons. The lowest BCUT2D eigenvalue weighted by molar-refractivity contribution is 0.102. The van der Waals surface area contributed by atoms with Crippen LogP contribution in [0.3, 0.4) is 0 Å². The molecule has 4 nitrogen and oxygen atoms in total. The number of hydrogen-bond donors (Lipinski definition) is 1. The maximum atomic E-state index is 13.7. The lowest BCUT2D eigenvalue weighted by Gasteiger charge is -2.22. The summed E-state index contributed by atoms with van der Waals surface area (Å²) in [6.07, 6.45) is 1.52. The van der Waals surface area contributed by atoms with Crippen molar-refractivity contribution in [3.8, 4) is 0 Å². The first-order valence-electron chi connectivity index (χ1n) is 8.13. The molecule has 3 aromatic rings. The first-order chi connectivity index (χ1) is 12.6. The van der Waals surface area contributed by atoms with Crippen LogP contribution >= 0.6 is 0 Å². The number of carbonyl (C=O) groups is 1. The molecule has 0 unspecified atom stereocenters. The van der Waals surface area contributed by atoms with Gasteiger partial charge in [0.2, 0.25) is 0 Å². The number of halogens is 2. The number of pyridine rings is 1. The van der Waals surface area contributed by atoms with Crippen LogP contribution in [0.15, 0.2) is 66.9 Å². The Balaban J connectivity index is 1.85. The van der Waals surface area contributed by atoms with Crippen LogP contribution in [0.25, 0.3) is 0 Å². The highest BCUT2D eigenvalue weighted by Gasteiger charge is 2.14. The van der Waals surface area contributed by atoms with Crippen molar-refractivity contribution in [1.29, 1.82) is 0 Å². The van der Waals surface area contributed by atoms with E-state index < -0.39 is 17.5 Å². The van der Waals surface area contributed by atoms with Gasteiger partial charge in [0, 0.05) is 30.1 Å². The van der Waals surface area contributed by atoms with Gasteiger partial charge in [0.25, 0.3) is 5.91 Å². The van der Waals surface area contributed by atoms with Crippen LogP contribution < -0.4 is 10.2 Å². The Labute approximate surface area is 150 Å². The van der Waals surface area contributed by atoms with E-state index in [1.54, 1.807) is 12.1 Å². The molecular formula is C20H17F2N3O. The van der Waals surface area contributed by atoms with Gasteiger partial charge in [0.1, 0.15) is 17.5 Å². The Bertz CT molecular complexity index is 916. The largest absolute Gasteiger partial charge is 0.327 e. The summed E-state index contributed by atoms with van der Waals surface area (Å²) in [5.74, 6) is -1.42. The Hall–Kier alpha value is -3.28. The average molecular weight is 353 g/mol. The van der Waals surface area contributed by atoms with Crippen LogP contribution in [0.4, 0.5) is 26.0 Å². The molecule has 1 amide bonds. The number of amides is 1. The molecule has 0 bridgehead atoms. The Kier molecular flexibility index (Phi) is 5.22. The summed E-state index contributed by atoms with van der Waals surface area (Å²) in [6.45, 7) is 2.64. The maximum absolute atomic E-state index is 13.7. The minimum absolute atomic E-state index is 0.0785. The highest BCUT2D eigenvalue weighted by atomic mass is 19.1. The minimum atomic E-state index is -0.827. The molecule has 0 saturated heterocycles. The number of carbonyl (C=O) groups excluding carboxylic acids is 1. The number of hydrogen-bond acceptors (Lipinski definition) is 3. The Morgan fingerprint density at radius 3 is 2.54 bits per heavy atom. The number of anilines is 3. The highest BCUT2D eigenvalue weighted by Crippen LogP contribution is 2.24. The third kappa shape index (κ3) is 3.85. The number of nitrogens with zero attached hydrogens (tertiary/aromatic N) is 2. The van der Waals surface area contributed by atoms with Crippen molar-refractivity contribution < 1.29 is 13.6 Å². The summed E-state index contributed by atoms with van der Waals surface area (Å²) in [7, 11) is 0. The van der Waals surface area contributed by atoms with Gasteiger partial charge >= 0.3 is 0 Å². The number of rotatable bonds is 5. The second kappa shape index (κ2) is 7.74. The fourth-order valence-corrected chi connectivity index (χ4v) is 2.58. The van der Waals surface area contributed by atoms with Crippen LogP contribution in [0.1, 0.15) is 17.3 Å². The second-order valence-electron chi connectivity index (χ2n) is 5.56. The van der Waals surface area contributed by atoms with E-state index in [0.717, 1.165) is 17.8 Å². The van der Waals surface area contributed by atoms with E-state index in [0.29, 0.717) is 17.9 Å². The highest BCUT2D eigenvalue weighted by molar-refractivity contribution is 6.04. The van der Waals surface area contributed by atoms with Crippen molar-refractivity contribution in [3.05, 3.63) is 84.1 Å². The Morgan fingerprint density at radius 2 is 1.85 bits per heavy atom. The van der Waals surface area contributed by atoms with Crippen molar-refractivity contribution in [2.45, 2.75) is 6.92 Å². The van der Waals surface area contributed by atoms with Gasteiger partial charge in [-0.15, -0.1) is 0 Å². The smallest absolute Gasteiger partial charge is 0.255 e. The van der Waals surface area contributed by atoms with E-state index in [-0.39, 0.29) is 5.69 Å². The molecule has 0 aliphatic carbocycles. The normalized spacial score (nSPS) is 10.4. The molecule has 0 aliphatic rings. The summed E-state index contributed by atoms with van der Waals surface area (Å²) in [4.78, 5) is 18.7. The molecule has 2 aromatic carbocycles. The zero-order valence-corrected chi connectivity index (χ0v) is 14.1. The van der Waals surface area contributed by atoms with E-state index >= 15 is 0 Å². The lowest BCUT2D eigenvalue weighted by Crippen LogP contribution is -2.19. The van der Waals surface area contributed by atoms with Crippen molar-refractivity contribution >= 4 is 23.1 Å². The third-order valence-electron chi connectivity index (χ3n) is 3.85. The van der Waals surface area contributed by atoms with Crippen LogP contribution in [0.2, 0.25) is 0 Å². The van der Waals surface area contributed by atoms with Crippen LogP contribution in [-0.2, 0) is 0 Å². The quantitative estimate of drug-likeness (QED) is 0.719. The molecule has 0 aliphatic heterocycles. The van der Waals surface area contributed by atoms with Crippen molar-refractivity contribution in [2.75, 3.05) is 16.8 Å². The van der Waals surface area contributed by atoms with Gasteiger partial charge in [-0.05, 0) is 43.3 Å². The number of benzene rings is 2. The molecule has 6 heteroatoms. The van der Waals surface area contributed by atoms with E-state index in [1.165, 1.54) is 12.3 Å². The molecule has 0 atom stereocenters. The summed E-state index contributed by atoms with van der Waals surface area (Å²) in [5, 5.41) is 2.45. The summed E-state index contributed by atoms with van der Waals surface area (Å²) < 4.78 is 26.7. The van der Waals surface area contributed by atoms with Gasteiger partial charge < -0.3 is 10.2 Å². The maximum Gasteiger partial charge on any atom is 0.255 e. The summed E-state index contributed by atoms with van der Waals surface area (Å²) >= 11 is 0. The van der Waals surface area contributed by atoms with Gasteiger partial charge in [-0.25, -0.2) is 13.8 Å². The molecule has 26 heavy (non-hydrogen) atoms. The van der Waals surface area contributed by atoms with Crippen LogP contribution in [0.5, 0.6) is 0 Å². The molecule has 1 aromatic heterocycles. The lowest BCUT2D eigenvalue weighted by atomic mass is 10.2. The van der Waals surface area contributed by atoms with Crippen molar-refractivity contribution in [2.24, 2.45) is 0 Å². The van der Waals surface area contributed by atoms with Gasteiger partial charge in [-0.3, -0.25) is 4.79 Å². The second-order valence-corrected chi connectivity index (χ2v) is 5.56. The van der Waals surface area contributed by atoms with Crippen molar-refractivity contribution in [1.82, 2.24) is 4.98 Å². The van der Waals surface area contributed by atoms with E-state index in [9.17, 15) is 13.6 Å². The fraction of sp³-hybridized carbons (Fsp3) is 0.100. The van der Waals surface area contributed by atoms with Crippen LogP contribution in [0, 0.1) is 11.6 Å². The van der Waals surface area contributed by atoms with Gasteiger partial charge in [-0.1, -0.05) is 18.2 Å². The molecule has 3 rings (SSSR count). The molecular weight excluding hydrogens is 336 g/mol. The molecule has 0 radical (unpaired) electrons. The van der Waals surface area contributed by atoms with Gasteiger partial charge in [-0.2, -0.15) is 0 Å². The zero-order chi connectivity index (χ0) is 18.5. The van der Waals surface area contributed by atoms with Gasteiger partial charge in [0.05, 0.1) is 5.69 Å². The topological polar surface area (TPSA) is 45.2 Å². The average Bonchev–Trinajstić information content (AvgIpc) is 2.66. The minimum Gasteiger partial charge on any atom is -0.327 e. The SMILES string of the molecule is CCN(c1ccccc1)c1cc(C(=O)Nc2ccc(F)cc2F)ccn1. The van der Waals surface area contributed by atoms with E-state index in [2.05, 4.69) is 10.3 Å². The summed E-state index contributed by atoms with van der Waals surface area (Å²) in [6, 6.07) is 15.8. The van der Waals surface area contributed by atoms with Gasteiger partial charge in [0.15, 0.2) is 0 Å². The molecule has 1 heterocycles. The van der Waals surface area contributed by atoms with Crippen LogP contribution in [-0.4, -0.2) is 17.4 Å². The fourth-order valence-electron chi connectivity index (χ4n) is 2.58. The monoisotopic (exact) mass is 353 g/mol. The molecule has 0 saturated carbocycles. The first kappa shape index (κ1) is 17.5. The number of aromatic nitrogens is 1. The van der Waals surface area contributed by atoms with E-state index in [1.807, 2.05) is 42.2 Å². The predicted octanol–water partition coefficient (Wildman–Crippen LogP) is 4.77. The molecule has 1 N–H and O–H groups in total. The molecule has 0 spiro atoms. The Morgan fingerprint density at radius 1 is 1.08 bits per heavy atom.